The van der Waals surface area contributed by atoms with E-state index in [2.05, 4.69) is 9.44 Å². The van der Waals surface area contributed by atoms with Crippen molar-refractivity contribution in [3.63, 3.8) is 0 Å². The van der Waals surface area contributed by atoms with E-state index < -0.39 is 27.6 Å². The lowest BCUT2D eigenvalue weighted by Crippen LogP contribution is -2.22. The Bertz CT molecular complexity index is 1460. The molecule has 0 saturated carbocycles. The first-order valence-corrected chi connectivity index (χ1v) is 15.6. The molecular weight excluding hydrogens is 523 g/mol. The number of benzene rings is 3. The van der Waals surface area contributed by atoms with Crippen LogP contribution >= 0.6 is 7.60 Å². The van der Waals surface area contributed by atoms with Gasteiger partial charge in [-0.3, -0.25) is 14.0 Å². The smallest absolute Gasteiger partial charge is 0.305 e. The highest BCUT2D eigenvalue weighted by molar-refractivity contribution is 7.93. The molecule has 0 fully saturated rings. The molecule has 0 atom stereocenters. The molecule has 0 heterocycles. The van der Waals surface area contributed by atoms with Crippen molar-refractivity contribution in [2.24, 2.45) is 0 Å². The SMILES string of the molecule is CCOP(=O)(OCC)c1cc(NS(=O)(=O)c2ccc(C)cc2)ccc1NS(=O)(=O)c1ccc(C)cc1. The van der Waals surface area contributed by atoms with E-state index in [-0.39, 0.29) is 39.7 Å². The lowest BCUT2D eigenvalue weighted by molar-refractivity contribution is 0.230. The van der Waals surface area contributed by atoms with Crippen molar-refractivity contribution in [2.75, 3.05) is 22.7 Å². The minimum Gasteiger partial charge on any atom is -0.305 e. The predicted molar refractivity (Wildman–Crippen MR) is 141 cm³/mol. The standard InChI is InChI=1S/C24H29N2O7PS2/c1-5-32-34(27,33-6-2)24-17-20(25-35(28,29)21-12-7-18(3)8-13-21)11-16-23(24)26-36(30,31)22-14-9-19(4)10-15-22/h7-17,25-26H,5-6H2,1-4H3. The lowest BCUT2D eigenvalue weighted by atomic mass is 10.2. The highest BCUT2D eigenvalue weighted by Gasteiger charge is 2.32. The zero-order valence-electron chi connectivity index (χ0n) is 20.4. The molecule has 0 amide bonds. The van der Waals surface area contributed by atoms with Crippen LogP contribution in [0.2, 0.25) is 0 Å². The van der Waals surface area contributed by atoms with Gasteiger partial charge in [-0.25, -0.2) is 16.8 Å². The van der Waals surface area contributed by atoms with Crippen molar-refractivity contribution in [3.8, 4) is 0 Å². The number of anilines is 2. The molecule has 2 N–H and O–H groups in total. The minimum absolute atomic E-state index is 0.00542. The molecule has 0 bridgehead atoms. The molecule has 36 heavy (non-hydrogen) atoms. The number of nitrogens with one attached hydrogen (secondary N) is 2. The van der Waals surface area contributed by atoms with E-state index in [4.69, 9.17) is 9.05 Å². The summed E-state index contributed by atoms with van der Waals surface area (Å²) in [7, 11) is -12.1. The average molecular weight is 553 g/mol. The summed E-state index contributed by atoms with van der Waals surface area (Å²) in [6.45, 7) is 6.93. The van der Waals surface area contributed by atoms with Crippen molar-refractivity contribution in [1.29, 1.82) is 0 Å². The highest BCUT2D eigenvalue weighted by atomic mass is 32.2. The quantitative estimate of drug-likeness (QED) is 0.327. The second-order valence-corrected chi connectivity index (χ2v) is 13.3. The predicted octanol–water partition coefficient (Wildman–Crippen LogP) is 4.80. The van der Waals surface area contributed by atoms with Gasteiger partial charge in [-0.2, -0.15) is 0 Å². The van der Waals surface area contributed by atoms with Gasteiger partial charge >= 0.3 is 7.60 Å². The Hall–Kier alpha value is -2.69. The first-order chi connectivity index (χ1) is 16.9. The molecule has 0 aromatic heterocycles. The van der Waals surface area contributed by atoms with Crippen LogP contribution in [0.1, 0.15) is 25.0 Å². The molecule has 12 heteroatoms. The van der Waals surface area contributed by atoms with E-state index in [0.29, 0.717) is 0 Å². The summed E-state index contributed by atoms with van der Waals surface area (Å²) in [5.41, 5.74) is 1.79. The summed E-state index contributed by atoms with van der Waals surface area (Å²) in [4.78, 5) is 0.0439. The van der Waals surface area contributed by atoms with E-state index >= 15 is 0 Å². The van der Waals surface area contributed by atoms with E-state index in [0.717, 1.165) is 11.1 Å². The summed E-state index contributed by atoms with van der Waals surface area (Å²) < 4.78 is 81.3. The Labute approximate surface area is 212 Å². The second-order valence-electron chi connectivity index (χ2n) is 7.90. The molecule has 9 nitrogen and oxygen atoms in total. The van der Waals surface area contributed by atoms with Crippen LogP contribution in [0.15, 0.2) is 76.5 Å². The topological polar surface area (TPSA) is 128 Å². The van der Waals surface area contributed by atoms with E-state index in [1.54, 1.807) is 38.1 Å². The minimum atomic E-state index is -4.06. The van der Waals surface area contributed by atoms with Gasteiger partial charge in [-0.1, -0.05) is 35.4 Å². The third-order valence-electron chi connectivity index (χ3n) is 5.05. The van der Waals surface area contributed by atoms with Crippen molar-refractivity contribution in [1.82, 2.24) is 0 Å². The average Bonchev–Trinajstić information content (AvgIpc) is 2.80. The number of aryl methyl sites for hydroxylation is 2. The van der Waals surface area contributed by atoms with Crippen LogP contribution in [0.3, 0.4) is 0 Å². The van der Waals surface area contributed by atoms with Gasteiger partial charge in [-0.15, -0.1) is 0 Å². The first kappa shape index (κ1) is 27.9. The van der Waals surface area contributed by atoms with Gasteiger partial charge in [0.05, 0.1) is 34.0 Å². The Balaban J connectivity index is 2.07. The van der Waals surface area contributed by atoms with Crippen LogP contribution in [0, 0.1) is 13.8 Å². The highest BCUT2D eigenvalue weighted by Crippen LogP contribution is 2.49. The zero-order valence-corrected chi connectivity index (χ0v) is 22.9. The van der Waals surface area contributed by atoms with Crippen LogP contribution in [0.4, 0.5) is 11.4 Å². The van der Waals surface area contributed by atoms with Gasteiger partial charge < -0.3 is 9.05 Å². The zero-order chi connectivity index (χ0) is 26.6. The molecule has 3 aromatic carbocycles. The molecule has 0 spiro atoms. The van der Waals surface area contributed by atoms with Crippen LogP contribution < -0.4 is 14.7 Å². The molecule has 0 saturated heterocycles. The Morgan fingerprint density at radius 1 is 0.694 bits per heavy atom. The Morgan fingerprint density at radius 2 is 1.14 bits per heavy atom. The molecule has 0 aliphatic heterocycles. The van der Waals surface area contributed by atoms with E-state index in [1.165, 1.54) is 42.5 Å². The fourth-order valence-electron chi connectivity index (χ4n) is 3.28. The summed E-state index contributed by atoms with van der Waals surface area (Å²) in [6, 6.07) is 16.4. The van der Waals surface area contributed by atoms with Gasteiger partial charge in [0.1, 0.15) is 0 Å². The lowest BCUT2D eigenvalue weighted by Gasteiger charge is -2.22. The summed E-state index contributed by atoms with van der Waals surface area (Å²) in [6.07, 6.45) is 0. The Morgan fingerprint density at radius 3 is 1.58 bits per heavy atom. The molecule has 0 aliphatic rings. The van der Waals surface area contributed by atoms with Gasteiger partial charge in [0.25, 0.3) is 20.0 Å². The van der Waals surface area contributed by atoms with E-state index in [1.807, 2.05) is 13.8 Å². The van der Waals surface area contributed by atoms with Crippen molar-refractivity contribution in [3.05, 3.63) is 77.9 Å². The third kappa shape index (κ3) is 6.54. The molecule has 194 valence electrons. The molecular formula is C24H29N2O7PS2. The fraction of sp³-hybridized carbons (Fsp3) is 0.250. The molecule has 0 aliphatic carbocycles. The maximum Gasteiger partial charge on any atom is 0.363 e. The van der Waals surface area contributed by atoms with Gasteiger partial charge in [-0.05, 0) is 70.2 Å². The van der Waals surface area contributed by atoms with Crippen LogP contribution in [0.5, 0.6) is 0 Å². The van der Waals surface area contributed by atoms with Crippen molar-refractivity contribution < 1.29 is 30.4 Å². The summed E-state index contributed by atoms with van der Waals surface area (Å²) in [5, 5.41) is -0.119. The molecule has 3 rings (SSSR count). The monoisotopic (exact) mass is 552 g/mol. The Kier molecular flexibility index (Phi) is 8.63. The fourth-order valence-corrected chi connectivity index (χ4v) is 7.24. The third-order valence-corrected chi connectivity index (χ3v) is 9.98. The largest absolute Gasteiger partial charge is 0.363 e. The maximum absolute atomic E-state index is 13.7. The van der Waals surface area contributed by atoms with Gasteiger partial charge in [0, 0.05) is 5.69 Å². The van der Waals surface area contributed by atoms with Crippen molar-refractivity contribution >= 4 is 44.3 Å². The number of hydrogen-bond acceptors (Lipinski definition) is 7. The van der Waals surface area contributed by atoms with Crippen LogP contribution in [-0.4, -0.2) is 30.0 Å². The number of sulfonamides is 2. The molecule has 0 unspecified atom stereocenters. The molecule has 3 aromatic rings. The number of rotatable bonds is 11. The first-order valence-electron chi connectivity index (χ1n) is 11.1. The van der Waals surface area contributed by atoms with Crippen molar-refractivity contribution in [2.45, 2.75) is 37.5 Å². The second kappa shape index (κ2) is 11.1. The number of hydrogen-bond donors (Lipinski definition) is 2. The van der Waals surface area contributed by atoms with Gasteiger partial charge in [0.15, 0.2) is 0 Å². The maximum atomic E-state index is 13.7. The normalized spacial score (nSPS) is 12.3. The van der Waals surface area contributed by atoms with Crippen LogP contribution in [-0.2, 0) is 33.7 Å². The van der Waals surface area contributed by atoms with Crippen LogP contribution in [0.25, 0.3) is 0 Å². The van der Waals surface area contributed by atoms with Gasteiger partial charge in [0.2, 0.25) is 0 Å². The summed E-state index contributed by atoms with van der Waals surface area (Å²) in [5.74, 6) is 0. The van der Waals surface area contributed by atoms with E-state index in [9.17, 15) is 21.4 Å². The molecule has 0 radical (unpaired) electrons. The summed E-state index contributed by atoms with van der Waals surface area (Å²) >= 11 is 0.